The van der Waals surface area contributed by atoms with Gasteiger partial charge in [0.1, 0.15) is 0 Å². The number of likely N-dealkylation sites (N-methyl/N-ethyl adjacent to an activating group) is 2. The Labute approximate surface area is 380 Å². The first-order chi connectivity index (χ1) is 30.8. The minimum atomic E-state index is -1.10. The zero-order valence-corrected chi connectivity index (χ0v) is 39.9. The van der Waals surface area contributed by atoms with E-state index in [0.29, 0.717) is 60.5 Å². The molecule has 8 bridgehead atoms. The van der Waals surface area contributed by atoms with Crippen LogP contribution in [0.15, 0.2) is 30.9 Å². The highest BCUT2D eigenvalue weighted by Gasteiger charge is 2.34. The Morgan fingerprint density at radius 2 is 1.36 bits per heavy atom. The lowest BCUT2D eigenvalue weighted by atomic mass is 9.84. The maximum absolute atomic E-state index is 14.1. The van der Waals surface area contributed by atoms with Crippen molar-refractivity contribution in [2.75, 3.05) is 78.5 Å². The Morgan fingerprint density at radius 1 is 0.750 bits per heavy atom. The number of nitrogens with one attached hydrogen (secondary N) is 6. The maximum Gasteiger partial charge on any atom is 0.338 e. The van der Waals surface area contributed by atoms with E-state index < -0.39 is 5.97 Å². The number of allylic oxidation sites excluding steroid dienone is 3. The smallest absolute Gasteiger partial charge is 0.338 e. The van der Waals surface area contributed by atoms with Gasteiger partial charge < -0.3 is 46.1 Å². The first-order valence-corrected chi connectivity index (χ1v) is 23.5. The standard InChI is InChI=1S/C50H74N10O4/c1-11-35-31(7)39-28-41-33(9)37(17-18-45(61)53-21-19-51-23-25-59(13-3)14-4)48(57-41)38(27-46(62)54-22-20-52-24-26-60(15-5)16-6)49-47(50(63)64)34(10)42(58-49)30-44-36(12-2)32(8)40(56-44)29-43(35)55-39/h11,28-30,33,37,51-52,56,58H,1,12-27H2,2-10H3,(H,53,61)(H,54,62)(H,63,64)/t33-,37-/m0/s1. The van der Waals surface area contributed by atoms with Crippen LogP contribution in [0.1, 0.15) is 129 Å². The molecule has 0 radical (unpaired) electrons. The molecule has 0 spiro atoms. The molecule has 3 aromatic rings. The number of amides is 2. The highest BCUT2D eigenvalue weighted by atomic mass is 16.4. The van der Waals surface area contributed by atoms with E-state index in [-0.39, 0.29) is 42.1 Å². The number of carboxylic acid groups (broad SMARTS) is 1. The second kappa shape index (κ2) is 23.7. The van der Waals surface area contributed by atoms with Gasteiger partial charge in [-0.15, -0.1) is 0 Å². The lowest BCUT2D eigenvalue weighted by Crippen LogP contribution is -2.37. The van der Waals surface area contributed by atoms with Crippen LogP contribution in [0.25, 0.3) is 33.2 Å². The molecule has 7 N–H and O–H groups in total. The summed E-state index contributed by atoms with van der Waals surface area (Å²) < 4.78 is 0. The molecule has 0 aliphatic carbocycles. The SMILES string of the molecule is C=CC1=C(C)c2cc3nc(c(CC(=O)NCCNCCN(CC)CC)c4[nH]c(cc5[nH]c(cc1n2)c(C)c5CC)c(C)c4C(=O)O)[C@@H](CCC(=O)NCCNCCN(CC)CC)[C@@H]3C. The van der Waals surface area contributed by atoms with E-state index in [9.17, 15) is 19.5 Å². The summed E-state index contributed by atoms with van der Waals surface area (Å²) in [6.45, 7) is 32.5. The number of aromatic carboxylic acids is 1. The first-order valence-electron chi connectivity index (χ1n) is 23.5. The second-order valence-electron chi connectivity index (χ2n) is 17.0. The third-order valence-corrected chi connectivity index (χ3v) is 13.2. The number of carbonyl (C=O) groups is 3. The molecule has 0 unspecified atom stereocenters. The highest BCUT2D eigenvalue weighted by molar-refractivity contribution is 6.03. The fourth-order valence-electron chi connectivity index (χ4n) is 9.08. The molecule has 5 rings (SSSR count). The minimum Gasteiger partial charge on any atom is -0.478 e. The summed E-state index contributed by atoms with van der Waals surface area (Å²) in [6.07, 6.45) is 3.15. The number of fused-ring (bicyclic) bond motifs is 8. The fourth-order valence-corrected chi connectivity index (χ4v) is 9.08. The summed E-state index contributed by atoms with van der Waals surface area (Å²) in [4.78, 5) is 63.1. The molecule has 348 valence electrons. The van der Waals surface area contributed by atoms with Crippen LogP contribution in [0.3, 0.4) is 0 Å². The van der Waals surface area contributed by atoms with Gasteiger partial charge in [0, 0.05) is 104 Å². The van der Waals surface area contributed by atoms with Gasteiger partial charge in [0.05, 0.1) is 34.6 Å². The van der Waals surface area contributed by atoms with Crippen LogP contribution >= 0.6 is 0 Å². The van der Waals surface area contributed by atoms with E-state index >= 15 is 0 Å². The van der Waals surface area contributed by atoms with Gasteiger partial charge in [-0.3, -0.25) is 14.6 Å². The molecule has 2 aliphatic heterocycles. The van der Waals surface area contributed by atoms with Crippen LogP contribution in [0.5, 0.6) is 0 Å². The van der Waals surface area contributed by atoms with Crippen molar-refractivity contribution in [2.45, 2.75) is 99.8 Å². The van der Waals surface area contributed by atoms with Crippen LogP contribution in [-0.2, 0) is 22.4 Å². The predicted molar refractivity (Wildman–Crippen MR) is 261 cm³/mol. The van der Waals surface area contributed by atoms with E-state index in [0.717, 1.165) is 109 Å². The largest absolute Gasteiger partial charge is 0.478 e. The van der Waals surface area contributed by atoms with Gasteiger partial charge in [0.25, 0.3) is 0 Å². The molecule has 2 amide bonds. The quantitative estimate of drug-likeness (QED) is 0.0484. The number of H-pyrrole nitrogens is 2. The molecule has 2 atom stereocenters. The van der Waals surface area contributed by atoms with Crippen molar-refractivity contribution in [3.05, 3.63) is 81.4 Å². The Kier molecular flexibility index (Phi) is 18.5. The molecule has 14 heteroatoms. The number of rotatable bonds is 24. The molecule has 5 heterocycles. The normalized spacial score (nSPS) is 15.0. The van der Waals surface area contributed by atoms with Crippen LogP contribution in [0.2, 0.25) is 0 Å². The Morgan fingerprint density at radius 3 is 1.94 bits per heavy atom. The minimum absolute atomic E-state index is 0.0731. The van der Waals surface area contributed by atoms with E-state index in [4.69, 9.17) is 9.97 Å². The number of hydrogen-bond acceptors (Lipinski definition) is 9. The Balaban J connectivity index is 1.63. The maximum atomic E-state index is 14.1. The highest BCUT2D eigenvalue weighted by Crippen LogP contribution is 2.43. The first kappa shape index (κ1) is 49.9. The van der Waals surface area contributed by atoms with E-state index in [1.165, 1.54) is 0 Å². The lowest BCUT2D eigenvalue weighted by molar-refractivity contribution is -0.121. The summed E-state index contributed by atoms with van der Waals surface area (Å²) in [5.41, 5.74) is 10.9. The van der Waals surface area contributed by atoms with Gasteiger partial charge in [0.2, 0.25) is 11.8 Å². The summed E-state index contributed by atoms with van der Waals surface area (Å²) in [5, 5.41) is 23.9. The van der Waals surface area contributed by atoms with Gasteiger partial charge in [-0.25, -0.2) is 9.78 Å². The van der Waals surface area contributed by atoms with Crippen molar-refractivity contribution in [3.63, 3.8) is 0 Å². The van der Waals surface area contributed by atoms with Crippen LogP contribution < -0.4 is 21.3 Å². The third kappa shape index (κ3) is 11.9. The molecule has 0 saturated heterocycles. The molecule has 0 aromatic carbocycles. The number of carbonyl (C=O) groups excluding carboxylic acids is 2. The monoisotopic (exact) mass is 879 g/mol. The van der Waals surface area contributed by atoms with Gasteiger partial charge in [0.15, 0.2) is 0 Å². The van der Waals surface area contributed by atoms with Crippen LogP contribution in [0, 0.1) is 13.8 Å². The van der Waals surface area contributed by atoms with Crippen molar-refractivity contribution >= 4 is 51.0 Å². The van der Waals surface area contributed by atoms with E-state index in [1.54, 1.807) is 6.92 Å². The number of hydrogen-bond donors (Lipinski definition) is 7. The van der Waals surface area contributed by atoms with Crippen LogP contribution in [-0.4, -0.2) is 131 Å². The summed E-state index contributed by atoms with van der Waals surface area (Å²) in [5.74, 6) is -1.91. The topological polar surface area (TPSA) is 183 Å². The van der Waals surface area contributed by atoms with Crippen molar-refractivity contribution in [1.82, 2.24) is 51.0 Å². The van der Waals surface area contributed by atoms with E-state index in [1.807, 2.05) is 25.1 Å². The number of carboxylic acids is 1. The molecule has 3 aromatic heterocycles. The van der Waals surface area contributed by atoms with Gasteiger partial charge in [-0.05, 0) is 100 Å². The average molecular weight is 879 g/mol. The molecular formula is C50H74N10O4. The fraction of sp³-hybridized carbons (Fsp3) is 0.540. The molecule has 2 aliphatic rings. The Hall–Kier alpha value is -5.15. The zero-order valence-electron chi connectivity index (χ0n) is 39.9. The molecule has 64 heavy (non-hydrogen) atoms. The van der Waals surface area contributed by atoms with Crippen molar-refractivity contribution < 1.29 is 19.5 Å². The van der Waals surface area contributed by atoms with Crippen LogP contribution in [0.4, 0.5) is 0 Å². The van der Waals surface area contributed by atoms with Crippen molar-refractivity contribution in [1.29, 1.82) is 0 Å². The summed E-state index contributed by atoms with van der Waals surface area (Å²) >= 11 is 0. The molecule has 0 fully saturated rings. The number of aromatic amines is 2. The van der Waals surface area contributed by atoms with Gasteiger partial charge >= 0.3 is 5.97 Å². The zero-order chi connectivity index (χ0) is 46.5. The molecule has 14 nitrogen and oxygen atoms in total. The number of aryl methyl sites for hydroxylation is 3. The number of nitrogens with zero attached hydrogens (tertiary/aromatic N) is 4. The van der Waals surface area contributed by atoms with Gasteiger partial charge in [-0.1, -0.05) is 54.2 Å². The predicted octanol–water partition coefficient (Wildman–Crippen LogP) is 6.61. The van der Waals surface area contributed by atoms with E-state index in [2.05, 4.69) is 102 Å². The van der Waals surface area contributed by atoms with Crippen molar-refractivity contribution in [2.24, 2.45) is 0 Å². The second-order valence-corrected chi connectivity index (χ2v) is 17.0. The third-order valence-electron chi connectivity index (χ3n) is 13.2. The average Bonchev–Trinajstić information content (AvgIpc) is 3.96. The Bertz CT molecular complexity index is 2340. The summed E-state index contributed by atoms with van der Waals surface area (Å²) in [6, 6.07) is 6.03. The van der Waals surface area contributed by atoms with Gasteiger partial charge in [-0.2, -0.15) is 0 Å². The molecule has 0 saturated carbocycles. The lowest BCUT2D eigenvalue weighted by Gasteiger charge is -2.19. The molecular weight excluding hydrogens is 805 g/mol. The summed E-state index contributed by atoms with van der Waals surface area (Å²) in [7, 11) is 0. The van der Waals surface area contributed by atoms with Crippen molar-refractivity contribution in [3.8, 4) is 0 Å². The number of aromatic nitrogens is 4.